The molecule has 2 N–H and O–H groups in total. The number of aliphatic carboxylic acids is 1. The zero-order valence-electron chi connectivity index (χ0n) is 9.31. The van der Waals surface area contributed by atoms with Crippen LogP contribution in [0, 0.1) is 6.92 Å². The second kappa shape index (κ2) is 5.93. The van der Waals surface area contributed by atoms with E-state index in [9.17, 15) is 14.7 Å². The molecular formula is C12H13BrO4. The molecule has 5 heteroatoms. The molecule has 4 nitrogen and oxygen atoms in total. The average Bonchev–Trinajstić information content (AvgIpc) is 2.28. The molecule has 0 bridgehead atoms. The van der Waals surface area contributed by atoms with Crippen molar-refractivity contribution in [3.05, 3.63) is 34.9 Å². The number of halogens is 1. The highest BCUT2D eigenvalue weighted by Gasteiger charge is 2.22. The van der Waals surface area contributed by atoms with Crippen molar-refractivity contribution in [2.45, 2.75) is 19.4 Å². The number of aryl methyl sites for hydroxylation is 1. The first-order valence-corrected chi connectivity index (χ1v) is 6.20. The molecule has 1 unspecified atom stereocenters. The first kappa shape index (κ1) is 13.9. The molecule has 0 saturated heterocycles. The lowest BCUT2D eigenvalue weighted by molar-refractivity contribution is -0.146. The molecule has 0 saturated carbocycles. The molecule has 0 fully saturated rings. The van der Waals surface area contributed by atoms with Crippen LogP contribution in [-0.4, -0.2) is 27.3 Å². The lowest BCUT2D eigenvalue weighted by Crippen LogP contribution is -2.15. The summed E-state index contributed by atoms with van der Waals surface area (Å²) < 4.78 is 0. The van der Waals surface area contributed by atoms with Crippen molar-refractivity contribution in [3.8, 4) is 0 Å². The number of benzene rings is 1. The van der Waals surface area contributed by atoms with Crippen LogP contribution >= 0.6 is 15.9 Å². The van der Waals surface area contributed by atoms with E-state index in [0.717, 1.165) is 5.56 Å². The van der Waals surface area contributed by atoms with Crippen molar-refractivity contribution in [1.29, 1.82) is 0 Å². The van der Waals surface area contributed by atoms with Gasteiger partial charge in [0.2, 0.25) is 0 Å². The third kappa shape index (κ3) is 3.38. The van der Waals surface area contributed by atoms with Gasteiger partial charge in [-0.05, 0) is 13.0 Å². The van der Waals surface area contributed by atoms with Crippen LogP contribution in [0.25, 0.3) is 0 Å². The maximum atomic E-state index is 11.8. The number of hydrogen-bond donors (Lipinski definition) is 2. The summed E-state index contributed by atoms with van der Waals surface area (Å²) in [5.41, 5.74) is 1.28. The average molecular weight is 301 g/mol. The van der Waals surface area contributed by atoms with Crippen molar-refractivity contribution >= 4 is 27.7 Å². The van der Waals surface area contributed by atoms with Gasteiger partial charge in [0.15, 0.2) is 11.9 Å². The minimum Gasteiger partial charge on any atom is -0.479 e. The van der Waals surface area contributed by atoms with Gasteiger partial charge >= 0.3 is 5.97 Å². The Bertz CT molecular complexity index is 442. The molecule has 0 aliphatic heterocycles. The summed E-state index contributed by atoms with van der Waals surface area (Å²) in [6.45, 7) is 1.81. The van der Waals surface area contributed by atoms with Crippen molar-refractivity contribution in [2.75, 3.05) is 5.33 Å². The molecule has 1 aromatic rings. The number of carboxylic acids is 1. The SMILES string of the molecule is Cc1ccc(C(O)C(=O)O)c(C(=O)CCBr)c1. The maximum Gasteiger partial charge on any atom is 0.337 e. The van der Waals surface area contributed by atoms with Crippen LogP contribution in [-0.2, 0) is 4.79 Å². The predicted molar refractivity (Wildman–Crippen MR) is 66.5 cm³/mol. The molecular weight excluding hydrogens is 288 g/mol. The minimum absolute atomic E-state index is 0.147. The number of rotatable bonds is 5. The fraction of sp³-hybridized carbons (Fsp3) is 0.333. The van der Waals surface area contributed by atoms with Crippen LogP contribution in [0.15, 0.2) is 18.2 Å². The smallest absolute Gasteiger partial charge is 0.337 e. The lowest BCUT2D eigenvalue weighted by atomic mass is 9.96. The van der Waals surface area contributed by atoms with Crippen molar-refractivity contribution in [1.82, 2.24) is 0 Å². The van der Waals surface area contributed by atoms with E-state index in [0.29, 0.717) is 5.33 Å². The van der Waals surface area contributed by atoms with Crippen molar-refractivity contribution in [2.24, 2.45) is 0 Å². The highest BCUT2D eigenvalue weighted by molar-refractivity contribution is 9.09. The van der Waals surface area contributed by atoms with Gasteiger partial charge in [-0.3, -0.25) is 4.79 Å². The molecule has 92 valence electrons. The number of ketones is 1. The van der Waals surface area contributed by atoms with Crippen LogP contribution in [0.3, 0.4) is 0 Å². The molecule has 0 aromatic heterocycles. The highest BCUT2D eigenvalue weighted by atomic mass is 79.9. The molecule has 0 aliphatic rings. The van der Waals surface area contributed by atoms with E-state index in [1.807, 2.05) is 6.92 Å². The van der Waals surface area contributed by atoms with Gasteiger partial charge in [0.1, 0.15) is 0 Å². The number of hydrogen-bond acceptors (Lipinski definition) is 3. The van der Waals surface area contributed by atoms with Gasteiger partial charge in [-0.1, -0.05) is 33.6 Å². The quantitative estimate of drug-likeness (QED) is 0.645. The Balaban J connectivity index is 3.21. The molecule has 1 rings (SSSR count). The Morgan fingerprint density at radius 2 is 2.06 bits per heavy atom. The van der Waals surface area contributed by atoms with Gasteiger partial charge in [0, 0.05) is 22.9 Å². The van der Waals surface area contributed by atoms with Crippen LogP contribution in [0.2, 0.25) is 0 Å². The number of carbonyl (C=O) groups is 2. The Morgan fingerprint density at radius 3 is 2.59 bits per heavy atom. The van der Waals surface area contributed by atoms with E-state index >= 15 is 0 Å². The van der Waals surface area contributed by atoms with E-state index in [2.05, 4.69) is 15.9 Å². The fourth-order valence-electron chi connectivity index (χ4n) is 1.50. The van der Waals surface area contributed by atoms with E-state index in [1.165, 1.54) is 6.07 Å². The Hall–Kier alpha value is -1.20. The van der Waals surface area contributed by atoms with E-state index in [-0.39, 0.29) is 23.3 Å². The predicted octanol–water partition coefficient (Wildman–Crippen LogP) is 2.08. The number of alkyl halides is 1. The number of carbonyl (C=O) groups excluding carboxylic acids is 1. The third-order valence-electron chi connectivity index (χ3n) is 2.36. The zero-order valence-corrected chi connectivity index (χ0v) is 10.9. The Morgan fingerprint density at radius 1 is 1.41 bits per heavy atom. The summed E-state index contributed by atoms with van der Waals surface area (Å²) in [4.78, 5) is 22.6. The minimum atomic E-state index is -1.66. The summed E-state index contributed by atoms with van der Waals surface area (Å²) in [5.74, 6) is -1.54. The molecule has 17 heavy (non-hydrogen) atoms. The van der Waals surface area contributed by atoms with Gasteiger partial charge in [-0.15, -0.1) is 0 Å². The second-order valence-corrected chi connectivity index (χ2v) is 4.49. The van der Waals surface area contributed by atoms with Crippen LogP contribution in [0.4, 0.5) is 0 Å². The van der Waals surface area contributed by atoms with E-state index in [4.69, 9.17) is 5.11 Å². The monoisotopic (exact) mass is 300 g/mol. The second-order valence-electron chi connectivity index (χ2n) is 3.69. The number of carboxylic acid groups (broad SMARTS) is 1. The van der Waals surface area contributed by atoms with Gasteiger partial charge in [-0.25, -0.2) is 4.79 Å². The normalized spacial score (nSPS) is 12.2. The van der Waals surface area contributed by atoms with Crippen LogP contribution in [0.5, 0.6) is 0 Å². The summed E-state index contributed by atoms with van der Waals surface area (Å²) >= 11 is 3.16. The first-order chi connectivity index (χ1) is 7.97. The molecule has 0 aliphatic carbocycles. The third-order valence-corrected chi connectivity index (χ3v) is 2.76. The molecule has 0 radical (unpaired) electrons. The van der Waals surface area contributed by atoms with Crippen molar-refractivity contribution < 1.29 is 19.8 Å². The van der Waals surface area contributed by atoms with Crippen LogP contribution in [0.1, 0.15) is 34.0 Å². The van der Waals surface area contributed by atoms with Gasteiger partial charge in [0.25, 0.3) is 0 Å². The first-order valence-electron chi connectivity index (χ1n) is 5.08. The van der Waals surface area contributed by atoms with E-state index < -0.39 is 12.1 Å². The summed E-state index contributed by atoms with van der Waals surface area (Å²) in [7, 11) is 0. The number of Topliss-reactive ketones (excluding diaryl/α,β-unsaturated/α-hetero) is 1. The number of aliphatic hydroxyl groups is 1. The summed E-state index contributed by atoms with van der Waals surface area (Å²) in [5, 5.41) is 18.8. The molecule has 0 amide bonds. The largest absolute Gasteiger partial charge is 0.479 e. The number of aliphatic hydroxyl groups excluding tert-OH is 1. The molecule has 1 atom stereocenters. The molecule has 0 heterocycles. The van der Waals surface area contributed by atoms with Crippen molar-refractivity contribution in [3.63, 3.8) is 0 Å². The molecule has 1 aromatic carbocycles. The van der Waals surface area contributed by atoms with E-state index in [1.54, 1.807) is 12.1 Å². The van der Waals surface area contributed by atoms with Gasteiger partial charge in [0.05, 0.1) is 0 Å². The lowest BCUT2D eigenvalue weighted by Gasteiger charge is -2.12. The summed E-state index contributed by atoms with van der Waals surface area (Å²) in [6.07, 6.45) is -1.40. The van der Waals surface area contributed by atoms with Crippen LogP contribution < -0.4 is 0 Å². The summed E-state index contributed by atoms with van der Waals surface area (Å²) in [6, 6.07) is 4.76. The Kier molecular flexibility index (Phi) is 4.84. The highest BCUT2D eigenvalue weighted by Crippen LogP contribution is 2.21. The van der Waals surface area contributed by atoms with Gasteiger partial charge < -0.3 is 10.2 Å². The maximum absolute atomic E-state index is 11.8. The topological polar surface area (TPSA) is 74.6 Å². The Labute approximate surface area is 107 Å². The zero-order chi connectivity index (χ0) is 13.0. The van der Waals surface area contributed by atoms with Gasteiger partial charge in [-0.2, -0.15) is 0 Å². The standard InChI is InChI=1S/C12H13BrO4/c1-7-2-3-8(11(15)12(16)17)9(6-7)10(14)4-5-13/h2-3,6,11,15H,4-5H2,1H3,(H,16,17). The fourth-order valence-corrected chi connectivity index (χ4v) is 1.86. The molecule has 0 spiro atoms.